The number of benzene rings is 1. The molecule has 0 radical (unpaired) electrons. The summed E-state index contributed by atoms with van der Waals surface area (Å²) in [4.78, 5) is 14.2. The zero-order chi connectivity index (χ0) is 15.2. The van der Waals surface area contributed by atoms with Gasteiger partial charge >= 0.3 is 6.03 Å². The molecule has 1 fully saturated rings. The predicted octanol–water partition coefficient (Wildman–Crippen LogP) is 2.55. The van der Waals surface area contributed by atoms with Gasteiger partial charge in [0, 0.05) is 24.8 Å². The Labute approximate surface area is 126 Å². The van der Waals surface area contributed by atoms with E-state index in [-0.39, 0.29) is 6.03 Å². The van der Waals surface area contributed by atoms with Crippen molar-refractivity contribution in [2.75, 3.05) is 32.1 Å². The summed E-state index contributed by atoms with van der Waals surface area (Å²) in [6.07, 6.45) is 1.00. The fourth-order valence-electron chi connectivity index (χ4n) is 2.77. The van der Waals surface area contributed by atoms with Crippen LogP contribution in [0.3, 0.4) is 0 Å². The number of likely N-dealkylation sites (tertiary alicyclic amines) is 1. The minimum absolute atomic E-state index is 0.0260. The Morgan fingerprint density at radius 1 is 1.38 bits per heavy atom. The predicted molar refractivity (Wildman–Crippen MR) is 84.8 cm³/mol. The van der Waals surface area contributed by atoms with Crippen molar-refractivity contribution in [1.29, 1.82) is 0 Å². The number of rotatable bonds is 4. The van der Waals surface area contributed by atoms with Crippen molar-refractivity contribution in [3.8, 4) is 5.75 Å². The highest BCUT2D eigenvalue weighted by Gasteiger charge is 2.27. The van der Waals surface area contributed by atoms with Crippen LogP contribution >= 0.6 is 0 Å². The molecule has 2 unspecified atom stereocenters. The van der Waals surface area contributed by atoms with Crippen LogP contribution in [0.15, 0.2) is 24.3 Å². The van der Waals surface area contributed by atoms with Gasteiger partial charge in [-0.1, -0.05) is 13.8 Å². The zero-order valence-electron chi connectivity index (χ0n) is 13.1. The summed E-state index contributed by atoms with van der Waals surface area (Å²) in [6.45, 7) is 6.88. The molecule has 2 N–H and O–H groups in total. The van der Waals surface area contributed by atoms with Crippen LogP contribution in [0.5, 0.6) is 5.75 Å². The lowest BCUT2D eigenvalue weighted by Crippen LogP contribution is -2.51. The van der Waals surface area contributed by atoms with Crippen LogP contribution in [0.25, 0.3) is 0 Å². The number of carbonyl (C=O) groups is 1. The van der Waals surface area contributed by atoms with E-state index in [4.69, 9.17) is 4.74 Å². The molecule has 0 aliphatic carbocycles. The molecule has 0 aromatic heterocycles. The molecule has 0 spiro atoms. The van der Waals surface area contributed by atoms with Gasteiger partial charge < -0.3 is 20.3 Å². The van der Waals surface area contributed by atoms with E-state index in [1.54, 1.807) is 7.11 Å². The normalized spacial score (nSPS) is 22.0. The number of methoxy groups -OCH3 is 1. The van der Waals surface area contributed by atoms with Crippen molar-refractivity contribution in [3.63, 3.8) is 0 Å². The van der Waals surface area contributed by atoms with Crippen LogP contribution in [0, 0.1) is 5.92 Å². The standard InChI is InChI=1S/C16H25N3O2/c1-4-17-15-9-10-19(11-12(15)2)16(20)18-13-5-7-14(21-3)8-6-13/h5-8,12,15,17H,4,9-11H2,1-3H3,(H,18,20). The van der Waals surface area contributed by atoms with Crippen LogP contribution in [0.4, 0.5) is 10.5 Å². The van der Waals surface area contributed by atoms with E-state index in [0.717, 1.165) is 37.5 Å². The quantitative estimate of drug-likeness (QED) is 0.896. The van der Waals surface area contributed by atoms with Gasteiger partial charge in [0.15, 0.2) is 0 Å². The van der Waals surface area contributed by atoms with Gasteiger partial charge in [-0.15, -0.1) is 0 Å². The third-order valence-corrected chi connectivity index (χ3v) is 4.00. The minimum atomic E-state index is -0.0260. The van der Waals surface area contributed by atoms with Crippen molar-refractivity contribution in [1.82, 2.24) is 10.2 Å². The Hall–Kier alpha value is -1.75. The van der Waals surface area contributed by atoms with E-state index in [0.29, 0.717) is 12.0 Å². The number of anilines is 1. The molecule has 2 amide bonds. The first kappa shape index (κ1) is 15.6. The van der Waals surface area contributed by atoms with Gasteiger partial charge in [0.05, 0.1) is 7.11 Å². The Morgan fingerprint density at radius 2 is 2.10 bits per heavy atom. The molecular weight excluding hydrogens is 266 g/mol. The number of nitrogens with one attached hydrogen (secondary N) is 2. The smallest absolute Gasteiger partial charge is 0.321 e. The number of amides is 2. The van der Waals surface area contributed by atoms with Gasteiger partial charge in [0.1, 0.15) is 5.75 Å². The van der Waals surface area contributed by atoms with Gasteiger partial charge in [-0.3, -0.25) is 0 Å². The van der Waals surface area contributed by atoms with Gasteiger partial charge in [-0.2, -0.15) is 0 Å². The van der Waals surface area contributed by atoms with Crippen LogP contribution in [0.2, 0.25) is 0 Å². The van der Waals surface area contributed by atoms with E-state index in [9.17, 15) is 4.79 Å². The highest BCUT2D eigenvalue weighted by molar-refractivity contribution is 5.89. The second kappa shape index (κ2) is 7.31. The monoisotopic (exact) mass is 291 g/mol. The maximum atomic E-state index is 12.3. The third-order valence-electron chi connectivity index (χ3n) is 4.00. The zero-order valence-corrected chi connectivity index (χ0v) is 13.1. The van der Waals surface area contributed by atoms with E-state index in [2.05, 4.69) is 24.5 Å². The lowest BCUT2D eigenvalue weighted by Gasteiger charge is -2.37. The molecule has 1 saturated heterocycles. The first-order valence-electron chi connectivity index (χ1n) is 7.57. The van der Waals surface area contributed by atoms with E-state index >= 15 is 0 Å². The van der Waals surface area contributed by atoms with Crippen molar-refractivity contribution in [2.24, 2.45) is 5.92 Å². The van der Waals surface area contributed by atoms with Crippen molar-refractivity contribution < 1.29 is 9.53 Å². The molecule has 116 valence electrons. The Bertz CT molecular complexity index is 461. The second-order valence-corrected chi connectivity index (χ2v) is 5.53. The number of hydrogen-bond donors (Lipinski definition) is 2. The van der Waals surface area contributed by atoms with Gasteiger partial charge in [0.2, 0.25) is 0 Å². The molecule has 5 heteroatoms. The maximum absolute atomic E-state index is 12.3. The average molecular weight is 291 g/mol. The van der Waals surface area contributed by atoms with Crippen LogP contribution in [-0.4, -0.2) is 43.7 Å². The Kier molecular flexibility index (Phi) is 5.44. The molecule has 0 saturated carbocycles. The summed E-state index contributed by atoms with van der Waals surface area (Å²) in [7, 11) is 1.63. The number of ether oxygens (including phenoxy) is 1. The number of carbonyl (C=O) groups excluding carboxylic acids is 1. The summed E-state index contributed by atoms with van der Waals surface area (Å²) in [6, 6.07) is 7.88. The summed E-state index contributed by atoms with van der Waals surface area (Å²) >= 11 is 0. The minimum Gasteiger partial charge on any atom is -0.497 e. The van der Waals surface area contributed by atoms with E-state index < -0.39 is 0 Å². The molecule has 0 bridgehead atoms. The van der Waals surface area contributed by atoms with E-state index in [1.807, 2.05) is 29.2 Å². The lowest BCUT2D eigenvalue weighted by atomic mass is 9.94. The second-order valence-electron chi connectivity index (χ2n) is 5.53. The van der Waals surface area contributed by atoms with Crippen molar-refractivity contribution in [2.45, 2.75) is 26.3 Å². The molecule has 1 heterocycles. The third kappa shape index (κ3) is 4.11. The Balaban J connectivity index is 1.88. The maximum Gasteiger partial charge on any atom is 0.321 e. The largest absolute Gasteiger partial charge is 0.497 e. The van der Waals surface area contributed by atoms with Crippen LogP contribution < -0.4 is 15.4 Å². The number of nitrogens with zero attached hydrogens (tertiary/aromatic N) is 1. The topological polar surface area (TPSA) is 53.6 Å². The lowest BCUT2D eigenvalue weighted by molar-refractivity contribution is 0.161. The fourth-order valence-corrected chi connectivity index (χ4v) is 2.77. The van der Waals surface area contributed by atoms with Gasteiger partial charge in [-0.05, 0) is 43.1 Å². The molecule has 2 rings (SSSR count). The van der Waals surface area contributed by atoms with E-state index in [1.165, 1.54) is 0 Å². The molecule has 1 aliphatic rings. The highest BCUT2D eigenvalue weighted by Crippen LogP contribution is 2.19. The molecule has 1 aliphatic heterocycles. The summed E-state index contributed by atoms with van der Waals surface area (Å²) in [5, 5.41) is 6.43. The van der Waals surface area contributed by atoms with Crippen molar-refractivity contribution in [3.05, 3.63) is 24.3 Å². The molecular formula is C16H25N3O2. The highest BCUT2D eigenvalue weighted by atomic mass is 16.5. The van der Waals surface area contributed by atoms with Crippen molar-refractivity contribution >= 4 is 11.7 Å². The average Bonchev–Trinajstić information content (AvgIpc) is 2.50. The first-order valence-corrected chi connectivity index (χ1v) is 7.57. The number of piperidine rings is 1. The van der Waals surface area contributed by atoms with Crippen LogP contribution in [-0.2, 0) is 0 Å². The number of urea groups is 1. The summed E-state index contributed by atoms with van der Waals surface area (Å²) in [5.74, 6) is 1.26. The Morgan fingerprint density at radius 3 is 2.67 bits per heavy atom. The molecule has 21 heavy (non-hydrogen) atoms. The molecule has 1 aromatic rings. The molecule has 1 aromatic carbocycles. The van der Waals surface area contributed by atoms with Crippen LogP contribution in [0.1, 0.15) is 20.3 Å². The molecule has 2 atom stereocenters. The number of hydrogen-bond acceptors (Lipinski definition) is 3. The summed E-state index contributed by atoms with van der Waals surface area (Å²) < 4.78 is 5.11. The van der Waals surface area contributed by atoms with Gasteiger partial charge in [0.25, 0.3) is 0 Å². The first-order chi connectivity index (χ1) is 10.1. The SMILES string of the molecule is CCNC1CCN(C(=O)Nc2ccc(OC)cc2)CC1C. The fraction of sp³-hybridized carbons (Fsp3) is 0.562. The van der Waals surface area contributed by atoms with Gasteiger partial charge in [-0.25, -0.2) is 4.79 Å². The summed E-state index contributed by atoms with van der Waals surface area (Å²) in [5.41, 5.74) is 0.794. The molecule has 5 nitrogen and oxygen atoms in total.